The maximum atomic E-state index is 11.6. The van der Waals surface area contributed by atoms with E-state index in [1.807, 2.05) is 0 Å². The van der Waals surface area contributed by atoms with Gasteiger partial charge in [0.05, 0.1) is 0 Å². The molecule has 0 spiro atoms. The molecule has 116 valence electrons. The number of hydrogen-bond donors (Lipinski definition) is 2. The van der Waals surface area contributed by atoms with Crippen molar-refractivity contribution >= 4 is 8.25 Å². The Hall–Kier alpha value is -0.0600. The molecule has 0 aromatic rings. The highest BCUT2D eigenvalue weighted by Crippen LogP contribution is 2.27. The van der Waals surface area contributed by atoms with Crippen LogP contribution in [0.5, 0.6) is 0 Å². The van der Waals surface area contributed by atoms with Crippen LogP contribution in [0.2, 0.25) is 0 Å². The second-order valence-electron chi connectivity index (χ2n) is 5.85. The third kappa shape index (κ3) is 6.59. The largest absolute Gasteiger partial charge is 0.697 e. The van der Waals surface area contributed by atoms with Crippen LogP contribution >= 0.6 is 8.25 Å². The van der Waals surface area contributed by atoms with Gasteiger partial charge in [-0.2, -0.15) is 0 Å². The lowest BCUT2D eigenvalue weighted by Gasteiger charge is -2.21. The van der Waals surface area contributed by atoms with Crippen LogP contribution in [0.3, 0.4) is 0 Å². The molecule has 6 heteroatoms. The van der Waals surface area contributed by atoms with Crippen LogP contribution in [0.15, 0.2) is 0 Å². The number of rotatable bonds is 8. The number of hydrogen-bond acceptors (Lipinski definition) is 5. The van der Waals surface area contributed by atoms with Gasteiger partial charge in [-0.15, -0.1) is 9.05 Å². The summed E-state index contributed by atoms with van der Waals surface area (Å²) in [5, 5.41) is 6.69. The minimum Gasteiger partial charge on any atom is -0.317 e. The lowest BCUT2D eigenvalue weighted by Crippen LogP contribution is -2.28. The molecule has 2 rings (SSSR count). The van der Waals surface area contributed by atoms with Gasteiger partial charge >= 0.3 is 8.25 Å². The van der Waals surface area contributed by atoms with E-state index in [0.717, 1.165) is 50.9 Å². The van der Waals surface area contributed by atoms with E-state index in [1.165, 1.54) is 25.7 Å². The maximum Gasteiger partial charge on any atom is 0.697 e. The third-order valence-corrected chi connectivity index (χ3v) is 5.15. The van der Waals surface area contributed by atoms with Gasteiger partial charge < -0.3 is 10.6 Å². The first-order chi connectivity index (χ1) is 9.84. The smallest absolute Gasteiger partial charge is 0.317 e. The molecule has 0 atom stereocenters. The first-order valence-electron chi connectivity index (χ1n) is 7.99. The fraction of sp³-hybridized carbons (Fsp3) is 1.00. The Labute approximate surface area is 123 Å². The molecule has 0 bridgehead atoms. The van der Waals surface area contributed by atoms with Crippen molar-refractivity contribution in [3.63, 3.8) is 0 Å². The summed E-state index contributed by atoms with van der Waals surface area (Å²) in [6.07, 6.45) is 6.82. The molecule has 0 aliphatic carbocycles. The van der Waals surface area contributed by atoms with Gasteiger partial charge in [-0.05, 0) is 76.5 Å². The van der Waals surface area contributed by atoms with Crippen LogP contribution in [0.1, 0.15) is 38.5 Å². The van der Waals surface area contributed by atoms with Crippen LogP contribution in [0.25, 0.3) is 0 Å². The van der Waals surface area contributed by atoms with Gasteiger partial charge in [0.2, 0.25) is 0 Å². The fourth-order valence-corrected chi connectivity index (χ4v) is 3.55. The summed E-state index contributed by atoms with van der Waals surface area (Å²) >= 11 is 0. The predicted octanol–water partition coefficient (Wildman–Crippen LogP) is 2.46. The quantitative estimate of drug-likeness (QED) is 0.675. The second-order valence-corrected chi connectivity index (χ2v) is 6.82. The van der Waals surface area contributed by atoms with Gasteiger partial charge in [-0.25, -0.2) is 0 Å². The molecule has 2 N–H and O–H groups in total. The van der Waals surface area contributed by atoms with Crippen LogP contribution in [-0.2, 0) is 13.6 Å². The molecular formula is C14H28N2O3P+. The predicted molar refractivity (Wildman–Crippen MR) is 79.9 cm³/mol. The zero-order valence-corrected chi connectivity index (χ0v) is 13.2. The van der Waals surface area contributed by atoms with Gasteiger partial charge in [0.1, 0.15) is 13.2 Å². The lowest BCUT2D eigenvalue weighted by molar-refractivity contribution is 0.190. The van der Waals surface area contributed by atoms with Crippen molar-refractivity contribution in [2.45, 2.75) is 38.5 Å². The minimum absolute atomic E-state index is 0.563. The number of nitrogens with one attached hydrogen (secondary N) is 2. The maximum absolute atomic E-state index is 11.6. The zero-order valence-electron chi connectivity index (χ0n) is 12.3. The summed E-state index contributed by atoms with van der Waals surface area (Å²) in [5.41, 5.74) is 0. The van der Waals surface area contributed by atoms with E-state index in [9.17, 15) is 4.57 Å². The average Bonchev–Trinajstić information content (AvgIpc) is 2.49. The summed E-state index contributed by atoms with van der Waals surface area (Å²) in [4.78, 5) is 0. The van der Waals surface area contributed by atoms with Crippen molar-refractivity contribution in [3.05, 3.63) is 0 Å². The number of piperidine rings is 2. The van der Waals surface area contributed by atoms with Crippen LogP contribution < -0.4 is 10.6 Å². The molecule has 2 saturated heterocycles. The Morgan fingerprint density at radius 1 is 0.800 bits per heavy atom. The SMILES string of the molecule is O=[P+](OCCC1CCNCC1)OCCC1CCNCC1. The van der Waals surface area contributed by atoms with E-state index in [1.54, 1.807) is 0 Å². The van der Waals surface area contributed by atoms with Gasteiger partial charge in [-0.3, -0.25) is 0 Å². The second kappa shape index (κ2) is 9.80. The van der Waals surface area contributed by atoms with E-state index in [2.05, 4.69) is 10.6 Å². The van der Waals surface area contributed by atoms with Gasteiger partial charge in [0.15, 0.2) is 0 Å². The zero-order chi connectivity index (χ0) is 14.0. The summed E-state index contributed by atoms with van der Waals surface area (Å²) in [6.45, 7) is 5.53. The first-order valence-corrected chi connectivity index (χ1v) is 9.08. The van der Waals surface area contributed by atoms with Crippen LogP contribution in [0, 0.1) is 11.8 Å². The lowest BCUT2D eigenvalue weighted by atomic mass is 9.95. The molecule has 2 heterocycles. The van der Waals surface area contributed by atoms with Gasteiger partial charge in [-0.1, -0.05) is 0 Å². The molecule has 0 amide bonds. The average molecular weight is 303 g/mol. The summed E-state index contributed by atoms with van der Waals surface area (Å²) in [6, 6.07) is 0. The molecule has 0 aromatic heterocycles. The van der Waals surface area contributed by atoms with E-state index in [-0.39, 0.29) is 0 Å². The van der Waals surface area contributed by atoms with E-state index < -0.39 is 8.25 Å². The molecule has 2 aliphatic rings. The van der Waals surface area contributed by atoms with Crippen molar-refractivity contribution < 1.29 is 13.6 Å². The molecule has 2 fully saturated rings. The van der Waals surface area contributed by atoms with Gasteiger partial charge in [0.25, 0.3) is 0 Å². The van der Waals surface area contributed by atoms with Gasteiger partial charge in [0, 0.05) is 4.57 Å². The topological polar surface area (TPSA) is 59.6 Å². The molecule has 5 nitrogen and oxygen atoms in total. The third-order valence-electron chi connectivity index (χ3n) is 4.36. The van der Waals surface area contributed by atoms with E-state index in [4.69, 9.17) is 9.05 Å². The molecule has 2 aliphatic heterocycles. The Morgan fingerprint density at radius 3 is 1.60 bits per heavy atom. The van der Waals surface area contributed by atoms with E-state index in [0.29, 0.717) is 13.2 Å². The first kappa shape index (κ1) is 16.3. The minimum atomic E-state index is -1.92. The normalized spacial score (nSPS) is 22.0. The summed E-state index contributed by atoms with van der Waals surface area (Å²) in [5.74, 6) is 1.43. The van der Waals surface area contributed by atoms with Crippen molar-refractivity contribution in [2.75, 3.05) is 39.4 Å². The molecular weight excluding hydrogens is 275 g/mol. The highest BCUT2D eigenvalue weighted by Gasteiger charge is 2.23. The van der Waals surface area contributed by atoms with Crippen LogP contribution in [0.4, 0.5) is 0 Å². The van der Waals surface area contributed by atoms with Crippen molar-refractivity contribution in [1.82, 2.24) is 10.6 Å². The summed E-state index contributed by atoms with van der Waals surface area (Å²) < 4.78 is 22.2. The molecule has 0 aromatic carbocycles. The Balaban J connectivity index is 1.45. The Bertz CT molecular complexity index is 254. The Kier molecular flexibility index (Phi) is 7.99. The molecule has 20 heavy (non-hydrogen) atoms. The van der Waals surface area contributed by atoms with Crippen molar-refractivity contribution in [2.24, 2.45) is 11.8 Å². The highest BCUT2D eigenvalue weighted by molar-refractivity contribution is 7.33. The Morgan fingerprint density at radius 2 is 1.20 bits per heavy atom. The van der Waals surface area contributed by atoms with Crippen molar-refractivity contribution in [1.29, 1.82) is 0 Å². The monoisotopic (exact) mass is 303 g/mol. The molecule has 0 radical (unpaired) electrons. The van der Waals surface area contributed by atoms with Crippen LogP contribution in [-0.4, -0.2) is 39.4 Å². The van der Waals surface area contributed by atoms with Crippen molar-refractivity contribution in [3.8, 4) is 0 Å². The molecule has 0 saturated carbocycles. The fourth-order valence-electron chi connectivity index (χ4n) is 2.97. The van der Waals surface area contributed by atoms with E-state index >= 15 is 0 Å². The highest BCUT2D eigenvalue weighted by atomic mass is 31.1. The standard InChI is InChI=1S/C14H28N2O3P/c17-20(18-11-5-13-1-7-15-8-2-13)19-12-6-14-3-9-16-10-4-14/h13-16H,1-12H2/q+1. The molecule has 0 unspecified atom stereocenters. The summed E-state index contributed by atoms with van der Waals surface area (Å²) in [7, 11) is -1.92.